The van der Waals surface area contributed by atoms with Gasteiger partial charge in [0.05, 0.1) is 12.7 Å². The van der Waals surface area contributed by atoms with Crippen LogP contribution in [-0.4, -0.2) is 13.1 Å². The fourth-order valence-electron chi connectivity index (χ4n) is 1.70. The molecular weight excluding hydrogens is 243 g/mol. The van der Waals surface area contributed by atoms with E-state index in [4.69, 9.17) is 4.74 Å². The Balaban J connectivity index is 2.28. The van der Waals surface area contributed by atoms with Gasteiger partial charge in [0.15, 0.2) is 0 Å². The van der Waals surface area contributed by atoms with Crippen LogP contribution < -0.4 is 0 Å². The molecule has 0 bridgehead atoms. The number of ether oxygens (including phenoxy) is 1. The van der Waals surface area contributed by atoms with Crippen LogP contribution in [0.4, 0.5) is 4.39 Å². The van der Waals surface area contributed by atoms with Gasteiger partial charge in [0.2, 0.25) is 0 Å². The molecule has 96 valence electrons. The van der Waals surface area contributed by atoms with Gasteiger partial charge in [-0.2, -0.15) is 0 Å². The number of hydrogen-bond acceptors (Lipinski definition) is 2. The summed E-state index contributed by atoms with van der Waals surface area (Å²) in [5.41, 5.74) is 2.13. The summed E-state index contributed by atoms with van der Waals surface area (Å²) < 4.78 is 17.5. The second-order valence-corrected chi connectivity index (χ2v) is 3.96. The lowest BCUT2D eigenvalue weighted by Crippen LogP contribution is -2.02. The first-order valence-electron chi connectivity index (χ1n) is 5.81. The maximum absolute atomic E-state index is 12.8. The van der Waals surface area contributed by atoms with Crippen molar-refractivity contribution in [2.24, 2.45) is 0 Å². The lowest BCUT2D eigenvalue weighted by molar-refractivity contribution is 0.0600. The first-order valence-corrected chi connectivity index (χ1v) is 5.81. The van der Waals surface area contributed by atoms with Crippen LogP contribution in [0, 0.1) is 5.82 Å². The van der Waals surface area contributed by atoms with Crippen LogP contribution in [0.25, 0.3) is 12.2 Å². The Labute approximate surface area is 111 Å². The van der Waals surface area contributed by atoms with Crippen LogP contribution in [0.3, 0.4) is 0 Å². The summed E-state index contributed by atoms with van der Waals surface area (Å²) >= 11 is 0. The summed E-state index contributed by atoms with van der Waals surface area (Å²) in [5.74, 6) is -0.647. The maximum atomic E-state index is 12.8. The summed E-state index contributed by atoms with van der Waals surface area (Å²) in [4.78, 5) is 11.6. The highest BCUT2D eigenvalue weighted by Gasteiger charge is 2.08. The van der Waals surface area contributed by atoms with E-state index in [9.17, 15) is 9.18 Å². The van der Waals surface area contributed by atoms with Gasteiger partial charge in [-0.3, -0.25) is 0 Å². The number of rotatable bonds is 3. The van der Waals surface area contributed by atoms with Gasteiger partial charge in [-0.25, -0.2) is 9.18 Å². The summed E-state index contributed by atoms with van der Waals surface area (Å²) in [6.45, 7) is 0. The van der Waals surface area contributed by atoms with Crippen LogP contribution in [-0.2, 0) is 4.74 Å². The van der Waals surface area contributed by atoms with Gasteiger partial charge < -0.3 is 4.74 Å². The lowest BCUT2D eigenvalue weighted by atomic mass is 10.1. The largest absolute Gasteiger partial charge is 0.465 e. The number of methoxy groups -OCH3 is 1. The third-order valence-electron chi connectivity index (χ3n) is 2.69. The molecule has 0 aliphatic carbocycles. The van der Waals surface area contributed by atoms with E-state index in [0.717, 1.165) is 11.1 Å². The van der Waals surface area contributed by atoms with Gasteiger partial charge >= 0.3 is 5.97 Å². The minimum atomic E-state index is -0.376. The molecule has 0 fully saturated rings. The Morgan fingerprint density at radius 3 is 2.42 bits per heavy atom. The van der Waals surface area contributed by atoms with Crippen molar-refractivity contribution in [1.29, 1.82) is 0 Å². The number of esters is 1. The fourth-order valence-corrected chi connectivity index (χ4v) is 1.70. The van der Waals surface area contributed by atoms with E-state index >= 15 is 0 Å². The summed E-state index contributed by atoms with van der Waals surface area (Å²) in [7, 11) is 1.35. The molecule has 0 saturated heterocycles. The zero-order valence-corrected chi connectivity index (χ0v) is 10.5. The summed E-state index contributed by atoms with van der Waals surface area (Å²) in [6, 6.07) is 13.3. The van der Waals surface area contributed by atoms with Crippen LogP contribution in [0.2, 0.25) is 0 Å². The van der Waals surface area contributed by atoms with Crippen molar-refractivity contribution in [2.75, 3.05) is 7.11 Å². The van der Waals surface area contributed by atoms with E-state index in [0.29, 0.717) is 5.56 Å². The molecule has 0 saturated carbocycles. The van der Waals surface area contributed by atoms with E-state index in [1.165, 1.54) is 19.2 Å². The van der Waals surface area contributed by atoms with Crippen molar-refractivity contribution in [2.45, 2.75) is 0 Å². The summed E-state index contributed by atoms with van der Waals surface area (Å²) in [6.07, 6.45) is 3.63. The first kappa shape index (κ1) is 13.0. The van der Waals surface area contributed by atoms with Crippen LogP contribution in [0.15, 0.2) is 48.5 Å². The smallest absolute Gasteiger partial charge is 0.338 e. The maximum Gasteiger partial charge on any atom is 0.338 e. The molecule has 19 heavy (non-hydrogen) atoms. The standard InChI is InChI=1S/C16H13FO2/c1-19-16(18)15-5-3-2-4-13(15)9-6-12-7-10-14(17)11-8-12/h2-11H,1H3. The quantitative estimate of drug-likeness (QED) is 0.617. The molecule has 0 aliphatic rings. The second-order valence-electron chi connectivity index (χ2n) is 3.96. The highest BCUT2D eigenvalue weighted by atomic mass is 19.1. The van der Waals surface area contributed by atoms with Crippen molar-refractivity contribution in [1.82, 2.24) is 0 Å². The van der Waals surface area contributed by atoms with Crippen LogP contribution in [0.1, 0.15) is 21.5 Å². The van der Waals surface area contributed by atoms with Crippen molar-refractivity contribution < 1.29 is 13.9 Å². The molecule has 0 unspecified atom stereocenters. The topological polar surface area (TPSA) is 26.3 Å². The predicted molar refractivity (Wildman–Crippen MR) is 73.1 cm³/mol. The molecule has 0 spiro atoms. The third kappa shape index (κ3) is 3.28. The van der Waals surface area contributed by atoms with E-state index in [1.54, 1.807) is 30.3 Å². The van der Waals surface area contributed by atoms with E-state index in [-0.39, 0.29) is 11.8 Å². The number of carbonyl (C=O) groups excluding carboxylic acids is 1. The van der Waals surface area contributed by atoms with Crippen molar-refractivity contribution >= 4 is 18.1 Å². The first-order chi connectivity index (χ1) is 9.20. The molecule has 0 heterocycles. The van der Waals surface area contributed by atoms with Crippen molar-refractivity contribution in [3.8, 4) is 0 Å². The van der Waals surface area contributed by atoms with Crippen molar-refractivity contribution in [3.05, 3.63) is 71.0 Å². The van der Waals surface area contributed by atoms with Gasteiger partial charge in [0.25, 0.3) is 0 Å². The number of benzene rings is 2. The van der Waals surface area contributed by atoms with Gasteiger partial charge in [-0.15, -0.1) is 0 Å². The van der Waals surface area contributed by atoms with E-state index in [1.807, 2.05) is 18.2 Å². The normalized spacial score (nSPS) is 10.6. The molecule has 3 heteroatoms. The Bertz CT molecular complexity index is 600. The molecule has 2 aromatic carbocycles. The average molecular weight is 256 g/mol. The van der Waals surface area contributed by atoms with E-state index < -0.39 is 0 Å². The molecule has 0 atom stereocenters. The van der Waals surface area contributed by atoms with Gasteiger partial charge in [-0.05, 0) is 29.3 Å². The zero-order chi connectivity index (χ0) is 13.7. The van der Waals surface area contributed by atoms with Crippen molar-refractivity contribution in [3.63, 3.8) is 0 Å². The molecular formula is C16H13FO2. The summed E-state index contributed by atoms with van der Waals surface area (Å²) in [5, 5.41) is 0. The average Bonchev–Trinajstić information content (AvgIpc) is 2.46. The van der Waals surface area contributed by atoms with Gasteiger partial charge in [0.1, 0.15) is 5.82 Å². The lowest BCUT2D eigenvalue weighted by Gasteiger charge is -2.03. The Morgan fingerprint density at radius 2 is 1.74 bits per heavy atom. The molecule has 0 aliphatic heterocycles. The monoisotopic (exact) mass is 256 g/mol. The second kappa shape index (κ2) is 5.96. The van der Waals surface area contributed by atoms with E-state index in [2.05, 4.69) is 0 Å². The number of hydrogen-bond donors (Lipinski definition) is 0. The zero-order valence-electron chi connectivity index (χ0n) is 10.5. The van der Waals surface area contributed by atoms with Gasteiger partial charge in [0, 0.05) is 0 Å². The molecule has 0 amide bonds. The molecule has 0 aromatic heterocycles. The fraction of sp³-hybridized carbons (Fsp3) is 0.0625. The van der Waals surface area contributed by atoms with Crippen LogP contribution in [0.5, 0.6) is 0 Å². The Morgan fingerprint density at radius 1 is 1.05 bits per heavy atom. The number of halogens is 1. The Kier molecular flexibility index (Phi) is 4.08. The SMILES string of the molecule is COC(=O)c1ccccc1C=Cc1ccc(F)cc1. The van der Waals surface area contributed by atoms with Crippen LogP contribution >= 0.6 is 0 Å². The van der Waals surface area contributed by atoms with Gasteiger partial charge in [-0.1, -0.05) is 42.5 Å². The molecule has 2 nitrogen and oxygen atoms in total. The predicted octanol–water partition coefficient (Wildman–Crippen LogP) is 3.78. The minimum Gasteiger partial charge on any atom is -0.465 e. The minimum absolute atomic E-state index is 0.271. The Hall–Kier alpha value is -2.42. The molecule has 2 rings (SSSR count). The highest BCUT2D eigenvalue weighted by molar-refractivity contribution is 5.94. The molecule has 0 N–H and O–H groups in total. The number of carbonyl (C=O) groups is 1. The molecule has 0 radical (unpaired) electrons. The third-order valence-corrected chi connectivity index (χ3v) is 2.69. The molecule has 2 aromatic rings. The highest BCUT2D eigenvalue weighted by Crippen LogP contribution is 2.14.